The molecular weight excluding hydrogens is 148 g/mol. The van der Waals surface area contributed by atoms with E-state index in [1.54, 1.807) is 6.20 Å². The van der Waals surface area contributed by atoms with E-state index in [9.17, 15) is 4.79 Å². The molecule has 0 saturated carbocycles. The fraction of sp³-hybridized carbons (Fsp3) is 0.500. The summed E-state index contributed by atoms with van der Waals surface area (Å²) in [6.07, 6.45) is 1.75. The van der Waals surface area contributed by atoms with E-state index >= 15 is 0 Å². The maximum Gasteiger partial charge on any atom is 0.304 e. The first-order valence-corrected chi connectivity index (χ1v) is 4.02. The summed E-state index contributed by atoms with van der Waals surface area (Å²) < 4.78 is 0. The Labute approximate surface area is 63.1 Å². The van der Waals surface area contributed by atoms with Crippen molar-refractivity contribution in [2.24, 2.45) is 0 Å². The lowest BCUT2D eigenvalue weighted by molar-refractivity contribution is 0.734. The Morgan fingerprint density at radius 3 is 3.10 bits per heavy atom. The molecule has 0 fully saturated rings. The van der Waals surface area contributed by atoms with E-state index in [1.807, 2.05) is 6.92 Å². The first kappa shape index (κ1) is 7.50. The van der Waals surface area contributed by atoms with Gasteiger partial charge in [0.2, 0.25) is 0 Å². The van der Waals surface area contributed by atoms with Crippen molar-refractivity contribution in [3.8, 4) is 0 Å². The second-order valence-electron chi connectivity index (χ2n) is 1.92. The molecule has 0 radical (unpaired) electrons. The van der Waals surface area contributed by atoms with Gasteiger partial charge in [0.25, 0.3) is 0 Å². The van der Waals surface area contributed by atoms with Crippen LogP contribution in [0.3, 0.4) is 0 Å². The molecule has 10 heavy (non-hydrogen) atoms. The van der Waals surface area contributed by atoms with Crippen molar-refractivity contribution in [3.63, 3.8) is 0 Å². The number of hydrogen-bond donors (Lipinski definition) is 2. The van der Waals surface area contributed by atoms with E-state index in [0.29, 0.717) is 0 Å². The number of thiazole rings is 1. The number of nitrogens with one attached hydrogen (secondary N) is 2. The van der Waals surface area contributed by atoms with Crippen LogP contribution < -0.4 is 10.2 Å². The molecule has 0 aromatic carbocycles. The van der Waals surface area contributed by atoms with Crippen molar-refractivity contribution >= 4 is 11.3 Å². The molecule has 0 bridgehead atoms. The molecule has 0 amide bonds. The summed E-state index contributed by atoms with van der Waals surface area (Å²) in [4.78, 5) is 14.3. The van der Waals surface area contributed by atoms with Gasteiger partial charge in [-0.1, -0.05) is 18.3 Å². The fourth-order valence-electron chi connectivity index (χ4n) is 0.653. The standard InChI is InChI=1S/C6H10N2OS/c1-2-7-3-5-4-8-6(9)10-5/h4,7H,2-3H2,1H3,(H,8,9). The number of H-pyrrole nitrogens is 1. The third-order valence-corrected chi connectivity index (χ3v) is 1.95. The third-order valence-electron chi connectivity index (χ3n) is 1.12. The Kier molecular flexibility index (Phi) is 2.65. The minimum absolute atomic E-state index is 0.0212. The highest BCUT2D eigenvalue weighted by Gasteiger charge is 1.93. The Bertz CT molecular complexity index is 240. The summed E-state index contributed by atoms with van der Waals surface area (Å²) in [5, 5.41) is 3.13. The van der Waals surface area contributed by atoms with Crippen LogP contribution in [0.1, 0.15) is 11.8 Å². The smallest absolute Gasteiger partial charge is 0.304 e. The Balaban J connectivity index is 2.50. The third kappa shape index (κ3) is 1.97. The van der Waals surface area contributed by atoms with E-state index in [1.165, 1.54) is 11.3 Å². The summed E-state index contributed by atoms with van der Waals surface area (Å²) in [7, 11) is 0. The Hall–Kier alpha value is -0.610. The van der Waals surface area contributed by atoms with Gasteiger partial charge in [0.1, 0.15) is 0 Å². The van der Waals surface area contributed by atoms with Gasteiger partial charge in [-0.25, -0.2) is 0 Å². The summed E-state index contributed by atoms with van der Waals surface area (Å²) in [6.45, 7) is 3.77. The number of aromatic amines is 1. The molecule has 0 spiro atoms. The summed E-state index contributed by atoms with van der Waals surface area (Å²) in [5.74, 6) is 0. The van der Waals surface area contributed by atoms with E-state index < -0.39 is 0 Å². The Morgan fingerprint density at radius 1 is 1.80 bits per heavy atom. The Morgan fingerprint density at radius 2 is 2.60 bits per heavy atom. The topological polar surface area (TPSA) is 44.9 Å². The van der Waals surface area contributed by atoms with Crippen LogP contribution in [-0.4, -0.2) is 11.5 Å². The van der Waals surface area contributed by atoms with Gasteiger partial charge in [0.05, 0.1) is 0 Å². The molecule has 0 aliphatic carbocycles. The second-order valence-corrected chi connectivity index (χ2v) is 3.02. The molecule has 0 saturated heterocycles. The zero-order valence-corrected chi connectivity index (χ0v) is 6.62. The summed E-state index contributed by atoms with van der Waals surface area (Å²) >= 11 is 1.25. The zero-order chi connectivity index (χ0) is 7.40. The summed E-state index contributed by atoms with van der Waals surface area (Å²) in [5.41, 5.74) is 0. The molecule has 0 aliphatic heterocycles. The maximum absolute atomic E-state index is 10.6. The van der Waals surface area contributed by atoms with Crippen molar-refractivity contribution < 1.29 is 0 Å². The van der Waals surface area contributed by atoms with Gasteiger partial charge in [-0.3, -0.25) is 4.79 Å². The lowest BCUT2D eigenvalue weighted by atomic mass is 10.5. The molecule has 2 N–H and O–H groups in total. The predicted octanol–water partition coefficient (Wildman–Crippen LogP) is 0.546. The van der Waals surface area contributed by atoms with E-state index in [2.05, 4.69) is 10.3 Å². The number of aromatic nitrogens is 1. The molecule has 56 valence electrons. The lowest BCUT2D eigenvalue weighted by Gasteiger charge is -1.93. The maximum atomic E-state index is 10.6. The zero-order valence-electron chi connectivity index (χ0n) is 5.81. The minimum atomic E-state index is 0.0212. The lowest BCUT2D eigenvalue weighted by Crippen LogP contribution is -2.10. The van der Waals surface area contributed by atoms with E-state index in [-0.39, 0.29) is 4.87 Å². The van der Waals surface area contributed by atoms with Gasteiger partial charge in [-0.05, 0) is 6.54 Å². The van der Waals surface area contributed by atoms with Crippen LogP contribution in [0, 0.1) is 0 Å². The van der Waals surface area contributed by atoms with Crippen molar-refractivity contribution in [2.45, 2.75) is 13.5 Å². The molecule has 0 aliphatic rings. The largest absolute Gasteiger partial charge is 0.319 e. The van der Waals surface area contributed by atoms with Crippen LogP contribution in [0.2, 0.25) is 0 Å². The average Bonchev–Trinajstić information content (AvgIpc) is 2.31. The molecule has 1 rings (SSSR count). The molecule has 4 heteroatoms. The van der Waals surface area contributed by atoms with Gasteiger partial charge >= 0.3 is 4.87 Å². The van der Waals surface area contributed by atoms with Crippen LogP contribution in [0.15, 0.2) is 11.0 Å². The number of hydrogen-bond acceptors (Lipinski definition) is 3. The van der Waals surface area contributed by atoms with Crippen molar-refractivity contribution in [1.29, 1.82) is 0 Å². The SMILES string of the molecule is CCNCc1c[nH]c(=O)s1. The van der Waals surface area contributed by atoms with Crippen LogP contribution in [0.25, 0.3) is 0 Å². The molecule has 1 aromatic heterocycles. The van der Waals surface area contributed by atoms with Gasteiger partial charge in [-0.2, -0.15) is 0 Å². The monoisotopic (exact) mass is 158 g/mol. The highest BCUT2D eigenvalue weighted by atomic mass is 32.1. The van der Waals surface area contributed by atoms with Crippen molar-refractivity contribution in [2.75, 3.05) is 6.54 Å². The predicted molar refractivity (Wildman–Crippen MR) is 42.3 cm³/mol. The number of rotatable bonds is 3. The first-order chi connectivity index (χ1) is 4.83. The average molecular weight is 158 g/mol. The molecule has 0 atom stereocenters. The minimum Gasteiger partial charge on any atom is -0.319 e. The summed E-state index contributed by atoms with van der Waals surface area (Å²) in [6, 6.07) is 0. The molecule has 3 nitrogen and oxygen atoms in total. The molecule has 1 aromatic rings. The van der Waals surface area contributed by atoms with Crippen LogP contribution in [0.4, 0.5) is 0 Å². The van der Waals surface area contributed by atoms with Gasteiger partial charge in [-0.15, -0.1) is 0 Å². The highest BCUT2D eigenvalue weighted by molar-refractivity contribution is 7.09. The molecule has 0 unspecified atom stereocenters. The fourth-order valence-corrected chi connectivity index (χ4v) is 1.30. The second kappa shape index (κ2) is 3.53. The van der Waals surface area contributed by atoms with Gasteiger partial charge in [0.15, 0.2) is 0 Å². The molecular formula is C6H10N2OS. The highest BCUT2D eigenvalue weighted by Crippen LogP contribution is 1.98. The normalized spacial score (nSPS) is 10.1. The van der Waals surface area contributed by atoms with Crippen LogP contribution in [-0.2, 0) is 6.54 Å². The van der Waals surface area contributed by atoms with Crippen LogP contribution >= 0.6 is 11.3 Å². The van der Waals surface area contributed by atoms with E-state index in [4.69, 9.17) is 0 Å². The van der Waals surface area contributed by atoms with Crippen molar-refractivity contribution in [1.82, 2.24) is 10.3 Å². The van der Waals surface area contributed by atoms with Crippen LogP contribution in [0.5, 0.6) is 0 Å². The van der Waals surface area contributed by atoms with Crippen molar-refractivity contribution in [3.05, 3.63) is 20.7 Å². The van der Waals surface area contributed by atoms with Gasteiger partial charge in [0, 0.05) is 17.6 Å². The quantitative estimate of drug-likeness (QED) is 0.674. The molecule has 1 heterocycles. The van der Waals surface area contributed by atoms with E-state index in [0.717, 1.165) is 18.0 Å². The first-order valence-electron chi connectivity index (χ1n) is 3.21. The van der Waals surface area contributed by atoms with Gasteiger partial charge < -0.3 is 10.3 Å².